The number of aryl methyl sites for hydroxylation is 1. The Hall–Kier alpha value is -0.830. The molecule has 0 bridgehead atoms. The average Bonchev–Trinajstić information content (AvgIpc) is 1.88. The Balaban J connectivity index is 3.17. The van der Waals surface area contributed by atoms with E-state index in [1.807, 2.05) is 6.92 Å². The van der Waals surface area contributed by atoms with Gasteiger partial charge in [-0.1, -0.05) is 11.6 Å². The van der Waals surface area contributed by atoms with Gasteiger partial charge in [0.05, 0.1) is 12.8 Å². The molecule has 0 aliphatic rings. The minimum Gasteiger partial charge on any atom is -0.492 e. The summed E-state index contributed by atoms with van der Waals surface area (Å²) in [7, 11) is 1.54. The average molecular weight is 159 g/mol. The Morgan fingerprint density at radius 2 is 2.20 bits per heavy atom. The number of hydrogen-bond acceptors (Lipinski definition) is 3. The van der Waals surface area contributed by atoms with Gasteiger partial charge >= 0.3 is 0 Å². The fraction of sp³-hybridized carbons (Fsp3) is 0.333. The number of rotatable bonds is 1. The van der Waals surface area contributed by atoms with Crippen LogP contribution < -0.4 is 4.74 Å². The van der Waals surface area contributed by atoms with Crippen molar-refractivity contribution in [1.29, 1.82) is 0 Å². The lowest BCUT2D eigenvalue weighted by atomic mass is 10.4. The first-order valence-corrected chi connectivity index (χ1v) is 3.14. The van der Waals surface area contributed by atoms with Gasteiger partial charge in [-0.3, -0.25) is 0 Å². The van der Waals surface area contributed by atoms with E-state index in [-0.39, 0.29) is 0 Å². The lowest BCUT2D eigenvalue weighted by molar-refractivity contribution is 0.407. The van der Waals surface area contributed by atoms with Gasteiger partial charge in [0.2, 0.25) is 0 Å². The molecule has 1 rings (SSSR count). The van der Waals surface area contributed by atoms with Crippen LogP contribution in [0.15, 0.2) is 6.33 Å². The van der Waals surface area contributed by atoms with Gasteiger partial charge in [-0.15, -0.1) is 0 Å². The Morgan fingerprint density at radius 3 is 2.60 bits per heavy atom. The van der Waals surface area contributed by atoms with Gasteiger partial charge in [-0.25, -0.2) is 9.97 Å². The summed E-state index contributed by atoms with van der Waals surface area (Å²) in [6, 6.07) is 0. The van der Waals surface area contributed by atoms with Crippen molar-refractivity contribution in [2.24, 2.45) is 0 Å². The molecule has 0 saturated heterocycles. The van der Waals surface area contributed by atoms with Crippen molar-refractivity contribution < 1.29 is 4.74 Å². The number of methoxy groups -OCH3 is 1. The van der Waals surface area contributed by atoms with E-state index in [0.29, 0.717) is 10.9 Å². The molecule has 0 spiro atoms. The second-order valence-corrected chi connectivity index (χ2v) is 2.14. The molecule has 1 aromatic heterocycles. The molecule has 0 saturated carbocycles. The molecule has 4 heteroatoms. The van der Waals surface area contributed by atoms with Crippen LogP contribution in [0.25, 0.3) is 0 Å². The lowest BCUT2D eigenvalue weighted by Gasteiger charge is -2.02. The highest BCUT2D eigenvalue weighted by Gasteiger charge is 2.03. The Labute approximate surface area is 64.0 Å². The molecule has 10 heavy (non-hydrogen) atoms. The molecular formula is C6H7ClN2O. The molecule has 0 aliphatic carbocycles. The normalized spacial score (nSPS) is 9.50. The summed E-state index contributed by atoms with van der Waals surface area (Å²) in [6.07, 6.45) is 1.40. The van der Waals surface area contributed by atoms with Crippen molar-refractivity contribution in [1.82, 2.24) is 9.97 Å². The molecule has 0 fully saturated rings. The fourth-order valence-corrected chi connectivity index (χ4v) is 0.922. The molecule has 0 radical (unpaired) electrons. The SMILES string of the molecule is COc1c(C)ncnc1Cl. The van der Waals surface area contributed by atoms with Crippen LogP contribution in [0.1, 0.15) is 5.69 Å². The number of nitrogens with zero attached hydrogens (tertiary/aromatic N) is 2. The smallest absolute Gasteiger partial charge is 0.177 e. The summed E-state index contributed by atoms with van der Waals surface area (Å²) in [4.78, 5) is 7.63. The Kier molecular flexibility index (Phi) is 2.06. The predicted octanol–water partition coefficient (Wildman–Crippen LogP) is 1.45. The van der Waals surface area contributed by atoms with Crippen LogP contribution in [-0.4, -0.2) is 17.1 Å². The predicted molar refractivity (Wildman–Crippen MR) is 38.3 cm³/mol. The second-order valence-electron chi connectivity index (χ2n) is 1.78. The molecule has 3 nitrogen and oxygen atoms in total. The molecule has 0 N–H and O–H groups in total. The third-order valence-electron chi connectivity index (χ3n) is 1.14. The molecule has 1 heterocycles. The van der Waals surface area contributed by atoms with E-state index in [4.69, 9.17) is 16.3 Å². The lowest BCUT2D eigenvalue weighted by Crippen LogP contribution is -1.92. The number of aromatic nitrogens is 2. The zero-order chi connectivity index (χ0) is 7.56. The minimum absolute atomic E-state index is 0.356. The van der Waals surface area contributed by atoms with E-state index >= 15 is 0 Å². The molecule has 1 aromatic rings. The van der Waals surface area contributed by atoms with E-state index in [1.54, 1.807) is 0 Å². The third-order valence-corrected chi connectivity index (χ3v) is 1.41. The molecule has 0 atom stereocenters. The van der Waals surface area contributed by atoms with Gasteiger partial charge in [-0.2, -0.15) is 0 Å². The summed E-state index contributed by atoms with van der Waals surface area (Å²) >= 11 is 5.65. The van der Waals surface area contributed by atoms with Crippen molar-refractivity contribution in [2.75, 3.05) is 7.11 Å². The topological polar surface area (TPSA) is 35.0 Å². The van der Waals surface area contributed by atoms with Gasteiger partial charge in [0.1, 0.15) is 6.33 Å². The summed E-state index contributed by atoms with van der Waals surface area (Å²) < 4.78 is 4.92. The van der Waals surface area contributed by atoms with Gasteiger partial charge in [0.25, 0.3) is 0 Å². The van der Waals surface area contributed by atoms with Gasteiger partial charge in [0, 0.05) is 0 Å². The molecule has 0 unspecified atom stereocenters. The maximum atomic E-state index is 5.65. The van der Waals surface area contributed by atoms with Gasteiger partial charge < -0.3 is 4.74 Å². The highest BCUT2D eigenvalue weighted by Crippen LogP contribution is 2.22. The molecular weight excluding hydrogens is 152 g/mol. The van der Waals surface area contributed by atoms with Crippen molar-refractivity contribution in [3.05, 3.63) is 17.2 Å². The first-order valence-electron chi connectivity index (χ1n) is 2.76. The molecule has 0 aromatic carbocycles. The number of halogens is 1. The van der Waals surface area contributed by atoms with Crippen LogP contribution in [0.2, 0.25) is 5.15 Å². The van der Waals surface area contributed by atoms with Crippen molar-refractivity contribution in [2.45, 2.75) is 6.92 Å². The third kappa shape index (κ3) is 1.19. The fourth-order valence-electron chi connectivity index (χ4n) is 0.665. The Bertz CT molecular complexity index is 219. The van der Waals surface area contributed by atoms with Crippen molar-refractivity contribution >= 4 is 11.6 Å². The van der Waals surface area contributed by atoms with Crippen LogP contribution in [0.3, 0.4) is 0 Å². The van der Waals surface area contributed by atoms with Crippen LogP contribution in [0.5, 0.6) is 5.75 Å². The van der Waals surface area contributed by atoms with E-state index < -0.39 is 0 Å². The summed E-state index contributed by atoms with van der Waals surface area (Å²) in [6.45, 7) is 1.81. The molecule has 0 aliphatic heterocycles. The highest BCUT2D eigenvalue weighted by atomic mass is 35.5. The van der Waals surface area contributed by atoms with Crippen LogP contribution in [0, 0.1) is 6.92 Å². The first-order chi connectivity index (χ1) is 4.75. The standard InChI is InChI=1S/C6H7ClN2O/c1-4-5(10-2)6(7)9-3-8-4/h3H,1-2H3. The van der Waals surface area contributed by atoms with Gasteiger partial charge in [0.15, 0.2) is 10.9 Å². The maximum absolute atomic E-state index is 5.65. The van der Waals surface area contributed by atoms with Crippen LogP contribution in [0.4, 0.5) is 0 Å². The zero-order valence-electron chi connectivity index (χ0n) is 5.76. The minimum atomic E-state index is 0.356. The van der Waals surface area contributed by atoms with Crippen molar-refractivity contribution in [3.63, 3.8) is 0 Å². The van der Waals surface area contributed by atoms with E-state index in [9.17, 15) is 0 Å². The van der Waals surface area contributed by atoms with Crippen LogP contribution in [-0.2, 0) is 0 Å². The first kappa shape index (κ1) is 7.28. The summed E-state index contributed by atoms with van der Waals surface area (Å²) in [5, 5.41) is 0.356. The molecule has 0 amide bonds. The van der Waals surface area contributed by atoms with Crippen LogP contribution >= 0.6 is 11.6 Å². The number of ether oxygens (including phenoxy) is 1. The number of hydrogen-bond donors (Lipinski definition) is 0. The largest absolute Gasteiger partial charge is 0.492 e. The Morgan fingerprint density at radius 1 is 1.50 bits per heavy atom. The summed E-state index contributed by atoms with van der Waals surface area (Å²) in [5.41, 5.74) is 0.752. The maximum Gasteiger partial charge on any atom is 0.177 e. The monoisotopic (exact) mass is 158 g/mol. The van der Waals surface area contributed by atoms with E-state index in [0.717, 1.165) is 5.69 Å². The summed E-state index contributed by atoms with van der Waals surface area (Å²) in [5.74, 6) is 0.546. The van der Waals surface area contributed by atoms with E-state index in [2.05, 4.69) is 9.97 Å². The quantitative estimate of drug-likeness (QED) is 0.581. The second kappa shape index (κ2) is 2.84. The van der Waals surface area contributed by atoms with Gasteiger partial charge in [-0.05, 0) is 6.92 Å². The molecule has 54 valence electrons. The van der Waals surface area contributed by atoms with Crippen molar-refractivity contribution in [3.8, 4) is 5.75 Å². The van der Waals surface area contributed by atoms with E-state index in [1.165, 1.54) is 13.4 Å². The zero-order valence-corrected chi connectivity index (χ0v) is 6.51. The highest BCUT2D eigenvalue weighted by molar-refractivity contribution is 6.30.